The van der Waals surface area contributed by atoms with Crippen LogP contribution in [0, 0.1) is 6.92 Å². The van der Waals surface area contributed by atoms with Gasteiger partial charge in [-0.25, -0.2) is 0 Å². The molecule has 0 bridgehead atoms. The molecule has 0 N–H and O–H groups in total. The van der Waals surface area contributed by atoms with E-state index in [-0.39, 0.29) is 18.1 Å². The highest BCUT2D eigenvalue weighted by atomic mass is 16.5. The first-order valence-corrected chi connectivity index (χ1v) is 10.9. The summed E-state index contributed by atoms with van der Waals surface area (Å²) < 4.78 is 6.43. The molecule has 0 radical (unpaired) electrons. The second-order valence-electron chi connectivity index (χ2n) is 8.29. The Morgan fingerprint density at radius 1 is 1.03 bits per heavy atom. The van der Waals surface area contributed by atoms with Gasteiger partial charge in [0, 0.05) is 17.6 Å². The molecule has 2 atom stereocenters. The van der Waals surface area contributed by atoms with Gasteiger partial charge < -0.3 is 9.64 Å². The first-order valence-electron chi connectivity index (χ1n) is 10.9. The van der Waals surface area contributed by atoms with Crippen LogP contribution >= 0.6 is 0 Å². The monoisotopic (exact) mass is 427 g/mol. The molecule has 32 heavy (non-hydrogen) atoms. The summed E-state index contributed by atoms with van der Waals surface area (Å²) in [5.41, 5.74) is 3.33. The lowest BCUT2D eigenvalue weighted by Crippen LogP contribution is -2.49. The first-order chi connectivity index (χ1) is 15.6. The molecular weight excluding hydrogens is 402 g/mol. The van der Waals surface area contributed by atoms with Crippen LogP contribution in [0.2, 0.25) is 0 Å². The van der Waals surface area contributed by atoms with Crippen LogP contribution in [0.5, 0.6) is 5.75 Å². The fourth-order valence-electron chi connectivity index (χ4n) is 4.29. The highest BCUT2D eigenvalue weighted by molar-refractivity contribution is 5.98. The highest BCUT2D eigenvalue weighted by Crippen LogP contribution is 2.29. The summed E-state index contributed by atoms with van der Waals surface area (Å²) in [4.78, 5) is 21.4. The fraction of sp³-hybridized carbons (Fsp3) is 0.280. The van der Waals surface area contributed by atoms with E-state index in [1.807, 2.05) is 47.4 Å². The minimum atomic E-state index is -0.0868. The zero-order valence-electron chi connectivity index (χ0n) is 18.2. The summed E-state index contributed by atoms with van der Waals surface area (Å²) in [5, 5.41) is 9.41. The van der Waals surface area contributed by atoms with Crippen molar-refractivity contribution < 1.29 is 9.53 Å². The molecule has 4 aromatic rings. The van der Waals surface area contributed by atoms with E-state index in [9.17, 15) is 4.79 Å². The molecule has 0 spiro atoms. The molecule has 0 saturated carbocycles. The van der Waals surface area contributed by atoms with Gasteiger partial charge >= 0.3 is 0 Å². The standard InChI is InChI=1S/C25H25N5O2/c1-17-7-10-22-21(15-17)24(11-12-26-22)32-19-9-8-18(2)29(16-19)25(31)20-5-3-4-6-23(20)30-27-13-14-28-30/h3-7,10-15,18-19H,8-9,16H2,1-2H3/t18-,19-/m0/s1. The van der Waals surface area contributed by atoms with Crippen LogP contribution in [0.25, 0.3) is 16.6 Å². The van der Waals surface area contributed by atoms with Crippen molar-refractivity contribution in [2.24, 2.45) is 0 Å². The quantitative estimate of drug-likeness (QED) is 0.488. The molecule has 7 nitrogen and oxygen atoms in total. The number of nitrogens with zero attached hydrogens (tertiary/aromatic N) is 5. The zero-order valence-corrected chi connectivity index (χ0v) is 18.2. The molecule has 1 fully saturated rings. The smallest absolute Gasteiger partial charge is 0.256 e. The summed E-state index contributed by atoms with van der Waals surface area (Å²) in [5.74, 6) is 0.779. The molecule has 0 aliphatic carbocycles. The number of aromatic nitrogens is 4. The van der Waals surface area contributed by atoms with E-state index in [0.29, 0.717) is 17.8 Å². The summed E-state index contributed by atoms with van der Waals surface area (Å²) >= 11 is 0. The first kappa shape index (κ1) is 20.2. The van der Waals surface area contributed by atoms with Crippen LogP contribution < -0.4 is 4.74 Å². The van der Waals surface area contributed by atoms with Crippen LogP contribution in [0.3, 0.4) is 0 Å². The Kier molecular flexibility index (Phi) is 5.31. The van der Waals surface area contributed by atoms with Crippen molar-refractivity contribution in [3.63, 3.8) is 0 Å². The molecular formula is C25H25N5O2. The number of ether oxygens (including phenoxy) is 1. The van der Waals surface area contributed by atoms with E-state index in [1.54, 1.807) is 18.6 Å². The van der Waals surface area contributed by atoms with Gasteiger partial charge in [-0.05, 0) is 57.0 Å². The third kappa shape index (κ3) is 3.82. The topological polar surface area (TPSA) is 73.1 Å². The number of aryl methyl sites for hydroxylation is 1. The minimum absolute atomic E-state index is 0.0332. The molecule has 2 aromatic heterocycles. The Bertz CT molecular complexity index is 1250. The van der Waals surface area contributed by atoms with Gasteiger partial charge in [0.2, 0.25) is 0 Å². The van der Waals surface area contributed by atoms with Gasteiger partial charge in [-0.1, -0.05) is 23.8 Å². The van der Waals surface area contributed by atoms with Crippen LogP contribution in [0.4, 0.5) is 0 Å². The van der Waals surface area contributed by atoms with E-state index in [4.69, 9.17) is 4.74 Å². The van der Waals surface area contributed by atoms with Crippen molar-refractivity contribution in [1.82, 2.24) is 24.9 Å². The summed E-state index contributed by atoms with van der Waals surface area (Å²) in [7, 11) is 0. The number of para-hydroxylation sites is 1. The van der Waals surface area contributed by atoms with E-state index >= 15 is 0 Å². The molecule has 162 valence electrons. The average molecular weight is 428 g/mol. The highest BCUT2D eigenvalue weighted by Gasteiger charge is 2.32. The fourth-order valence-corrected chi connectivity index (χ4v) is 4.29. The van der Waals surface area contributed by atoms with Crippen LogP contribution in [-0.4, -0.2) is 49.5 Å². The number of carbonyl (C=O) groups excluding carboxylic acids is 1. The van der Waals surface area contributed by atoms with Gasteiger partial charge in [0.1, 0.15) is 11.9 Å². The molecule has 1 amide bonds. The number of fused-ring (bicyclic) bond motifs is 1. The van der Waals surface area contributed by atoms with Gasteiger partial charge in [-0.3, -0.25) is 9.78 Å². The van der Waals surface area contributed by atoms with Gasteiger partial charge in [-0.15, -0.1) is 0 Å². The summed E-state index contributed by atoms with van der Waals surface area (Å²) in [6.45, 7) is 4.68. The average Bonchev–Trinajstić information content (AvgIpc) is 3.35. The van der Waals surface area contributed by atoms with Gasteiger partial charge in [-0.2, -0.15) is 15.0 Å². The predicted octanol–water partition coefficient (Wildman–Crippen LogP) is 4.20. The number of hydrogen-bond donors (Lipinski definition) is 0. The Morgan fingerprint density at radius 3 is 2.69 bits per heavy atom. The Hall–Kier alpha value is -3.74. The molecule has 1 aliphatic rings. The van der Waals surface area contributed by atoms with Crippen molar-refractivity contribution in [2.45, 2.75) is 38.8 Å². The van der Waals surface area contributed by atoms with Crippen molar-refractivity contribution >= 4 is 16.8 Å². The molecule has 5 rings (SSSR count). The van der Waals surface area contributed by atoms with Crippen molar-refractivity contribution in [2.75, 3.05) is 6.54 Å². The van der Waals surface area contributed by atoms with Crippen molar-refractivity contribution in [3.8, 4) is 11.4 Å². The summed E-state index contributed by atoms with van der Waals surface area (Å²) in [6.07, 6.45) is 6.67. The van der Waals surface area contributed by atoms with Crippen molar-refractivity contribution in [1.29, 1.82) is 0 Å². The number of rotatable bonds is 4. The second kappa shape index (κ2) is 8.42. The number of amides is 1. The molecule has 1 aliphatic heterocycles. The SMILES string of the molecule is Cc1ccc2nccc(O[C@H]3CC[C@H](C)N(C(=O)c4ccccc4-n4nccn4)C3)c2c1. The third-order valence-electron chi connectivity index (χ3n) is 6.02. The van der Waals surface area contributed by atoms with E-state index in [0.717, 1.165) is 35.1 Å². The van der Waals surface area contributed by atoms with E-state index in [1.165, 1.54) is 4.80 Å². The number of carbonyl (C=O) groups is 1. The lowest BCUT2D eigenvalue weighted by Gasteiger charge is -2.38. The Balaban J connectivity index is 1.40. The van der Waals surface area contributed by atoms with Gasteiger partial charge in [0.25, 0.3) is 5.91 Å². The molecule has 3 heterocycles. The van der Waals surface area contributed by atoms with Gasteiger partial charge in [0.15, 0.2) is 0 Å². The third-order valence-corrected chi connectivity index (χ3v) is 6.02. The number of likely N-dealkylation sites (tertiary alicyclic amines) is 1. The number of hydrogen-bond acceptors (Lipinski definition) is 5. The predicted molar refractivity (Wildman–Crippen MR) is 122 cm³/mol. The maximum Gasteiger partial charge on any atom is 0.256 e. The normalized spacial score (nSPS) is 18.6. The van der Waals surface area contributed by atoms with Crippen molar-refractivity contribution in [3.05, 3.63) is 78.2 Å². The largest absolute Gasteiger partial charge is 0.488 e. The van der Waals surface area contributed by atoms with Crippen LogP contribution in [0.15, 0.2) is 67.1 Å². The van der Waals surface area contributed by atoms with Crippen LogP contribution in [-0.2, 0) is 0 Å². The number of benzene rings is 2. The molecule has 1 saturated heterocycles. The minimum Gasteiger partial charge on any atom is -0.488 e. The second-order valence-corrected chi connectivity index (χ2v) is 8.29. The lowest BCUT2D eigenvalue weighted by molar-refractivity contribution is 0.0388. The molecule has 0 unspecified atom stereocenters. The van der Waals surface area contributed by atoms with Crippen LogP contribution in [0.1, 0.15) is 35.7 Å². The number of piperidine rings is 1. The van der Waals surface area contributed by atoms with E-state index in [2.05, 4.69) is 35.1 Å². The maximum atomic E-state index is 13.6. The Morgan fingerprint density at radius 2 is 1.84 bits per heavy atom. The number of pyridine rings is 1. The lowest BCUT2D eigenvalue weighted by atomic mass is 9.99. The molecule has 7 heteroatoms. The zero-order chi connectivity index (χ0) is 22.1. The summed E-state index contributed by atoms with van der Waals surface area (Å²) in [6, 6.07) is 15.6. The molecule has 2 aromatic carbocycles. The Labute approximate surface area is 186 Å². The van der Waals surface area contributed by atoms with E-state index < -0.39 is 0 Å². The maximum absolute atomic E-state index is 13.6. The van der Waals surface area contributed by atoms with Gasteiger partial charge in [0.05, 0.1) is 35.7 Å².